The molecule has 0 atom stereocenters. The third-order valence-corrected chi connectivity index (χ3v) is 5.66. The Morgan fingerprint density at radius 3 is 2.59 bits per heavy atom. The van der Waals surface area contributed by atoms with Crippen LogP contribution in [0.15, 0.2) is 54.0 Å². The number of fused-ring (bicyclic) bond motifs is 1. The molecule has 4 rings (SSSR count). The minimum atomic E-state index is -4.60. The highest BCUT2D eigenvalue weighted by Crippen LogP contribution is 2.32. The lowest BCUT2D eigenvalue weighted by molar-refractivity contribution is -0.137. The molecule has 0 unspecified atom stereocenters. The van der Waals surface area contributed by atoms with Gasteiger partial charge in [0.15, 0.2) is 11.5 Å². The molecule has 0 saturated heterocycles. The Morgan fingerprint density at radius 2 is 1.94 bits per heavy atom. The van der Waals surface area contributed by atoms with Gasteiger partial charge in [0.25, 0.3) is 5.91 Å². The second kappa shape index (κ2) is 8.71. The summed E-state index contributed by atoms with van der Waals surface area (Å²) >= 11 is 7.25. The van der Waals surface area contributed by atoms with Gasteiger partial charge in [-0.1, -0.05) is 29.8 Å². The first-order chi connectivity index (χ1) is 15.2. The van der Waals surface area contributed by atoms with Gasteiger partial charge < -0.3 is 5.32 Å². The van der Waals surface area contributed by atoms with Gasteiger partial charge in [-0.05, 0) is 41.3 Å². The molecule has 1 amide bonds. The molecule has 0 aliphatic heterocycles. The molecule has 0 aliphatic rings. The normalized spacial score (nSPS) is 12.3. The zero-order valence-corrected chi connectivity index (χ0v) is 17.6. The van der Waals surface area contributed by atoms with Crippen molar-refractivity contribution in [1.29, 1.82) is 0 Å². The van der Waals surface area contributed by atoms with Crippen LogP contribution in [-0.2, 0) is 17.5 Å². The highest BCUT2D eigenvalue weighted by Gasteiger charge is 2.32. The predicted octanol–water partition coefficient (Wildman–Crippen LogP) is 5.46. The van der Waals surface area contributed by atoms with Crippen LogP contribution < -0.4 is 5.32 Å². The van der Waals surface area contributed by atoms with Crippen molar-refractivity contribution in [3.8, 4) is 0 Å². The Balaban J connectivity index is 1.62. The first kappa shape index (κ1) is 22.0. The molecule has 0 bridgehead atoms. The molecule has 3 heterocycles. The molecule has 1 aromatic carbocycles. The summed E-state index contributed by atoms with van der Waals surface area (Å²) in [6.07, 6.45) is -2.18. The van der Waals surface area contributed by atoms with Gasteiger partial charge in [0, 0.05) is 11.1 Å². The number of amides is 1. The minimum Gasteiger partial charge on any atom is -0.345 e. The van der Waals surface area contributed by atoms with Crippen LogP contribution in [0.2, 0.25) is 5.02 Å². The largest absolute Gasteiger partial charge is 0.417 e. The van der Waals surface area contributed by atoms with Crippen LogP contribution in [-0.4, -0.2) is 20.5 Å². The van der Waals surface area contributed by atoms with Crippen LogP contribution in [0.3, 0.4) is 0 Å². The molecule has 3 aromatic heterocycles. The summed E-state index contributed by atoms with van der Waals surface area (Å²) in [5, 5.41) is 11.9. The Kier molecular flexibility index (Phi) is 5.98. The van der Waals surface area contributed by atoms with E-state index in [2.05, 4.69) is 15.5 Å². The van der Waals surface area contributed by atoms with Crippen LogP contribution in [0.25, 0.3) is 17.3 Å². The molecule has 4 aromatic rings. The number of nitrogens with zero attached hydrogens (tertiary/aromatic N) is 3. The van der Waals surface area contributed by atoms with Crippen molar-refractivity contribution in [2.45, 2.75) is 12.7 Å². The highest BCUT2D eigenvalue weighted by molar-refractivity contribution is 7.11. The number of thiophene rings is 1. The van der Waals surface area contributed by atoms with Crippen molar-refractivity contribution >= 4 is 46.1 Å². The molecule has 0 spiro atoms. The van der Waals surface area contributed by atoms with E-state index in [1.165, 1.54) is 35.6 Å². The SMILES string of the molecule is O=C(NCc1nnc2c(Cl)cc(C(F)(F)F)cn12)C(=Cc1ccc(F)cc1)c1cccs1. The third kappa shape index (κ3) is 4.66. The van der Waals surface area contributed by atoms with Gasteiger partial charge in [0.05, 0.1) is 22.7 Å². The van der Waals surface area contributed by atoms with Crippen molar-refractivity contribution in [3.63, 3.8) is 0 Å². The first-order valence-corrected chi connectivity index (χ1v) is 10.4. The number of benzene rings is 1. The van der Waals surface area contributed by atoms with Crippen LogP contribution in [0.5, 0.6) is 0 Å². The number of hydrogen-bond acceptors (Lipinski definition) is 4. The van der Waals surface area contributed by atoms with Crippen LogP contribution >= 0.6 is 22.9 Å². The van der Waals surface area contributed by atoms with Crippen molar-refractivity contribution in [2.24, 2.45) is 0 Å². The predicted molar refractivity (Wildman–Crippen MR) is 113 cm³/mol. The van der Waals surface area contributed by atoms with Crippen molar-refractivity contribution in [1.82, 2.24) is 19.9 Å². The molecular formula is C21H13ClF4N4OS. The highest BCUT2D eigenvalue weighted by atomic mass is 35.5. The number of halogens is 5. The van der Waals surface area contributed by atoms with Gasteiger partial charge >= 0.3 is 6.18 Å². The van der Waals surface area contributed by atoms with Gasteiger partial charge in [-0.3, -0.25) is 9.20 Å². The van der Waals surface area contributed by atoms with Crippen LogP contribution in [0.1, 0.15) is 21.8 Å². The average Bonchev–Trinajstić information content (AvgIpc) is 3.41. The summed E-state index contributed by atoms with van der Waals surface area (Å²) in [7, 11) is 0. The summed E-state index contributed by atoms with van der Waals surface area (Å²) in [5.41, 5.74) is 0.0102. The molecule has 0 fully saturated rings. The quantitative estimate of drug-likeness (QED) is 0.305. The van der Waals surface area contributed by atoms with E-state index in [0.29, 0.717) is 16.0 Å². The maximum Gasteiger partial charge on any atom is 0.417 e. The fraction of sp³-hybridized carbons (Fsp3) is 0.0952. The standard InChI is InChI=1S/C21H13ClF4N4OS/c22-16-9-13(21(24,25)26)11-30-18(28-29-19(16)30)10-27-20(31)15(17-2-1-7-32-17)8-12-3-5-14(23)6-4-12/h1-9,11H,10H2,(H,27,31). The van der Waals surface area contributed by atoms with E-state index in [1.54, 1.807) is 23.6 Å². The fourth-order valence-electron chi connectivity index (χ4n) is 2.94. The molecule has 164 valence electrons. The average molecular weight is 481 g/mol. The summed E-state index contributed by atoms with van der Waals surface area (Å²) in [6, 6.07) is 9.92. The lowest BCUT2D eigenvalue weighted by Crippen LogP contribution is -2.24. The molecule has 0 aliphatic carbocycles. The van der Waals surface area contributed by atoms with E-state index < -0.39 is 23.5 Å². The van der Waals surface area contributed by atoms with Crippen LogP contribution in [0.4, 0.5) is 17.6 Å². The molecule has 32 heavy (non-hydrogen) atoms. The topological polar surface area (TPSA) is 59.3 Å². The van der Waals surface area contributed by atoms with E-state index in [-0.39, 0.29) is 23.0 Å². The fourth-order valence-corrected chi connectivity index (χ4v) is 3.92. The minimum absolute atomic E-state index is 0.0456. The number of carbonyl (C=O) groups excluding carboxylic acids is 1. The number of nitrogens with one attached hydrogen (secondary N) is 1. The monoisotopic (exact) mass is 480 g/mol. The summed E-state index contributed by atoms with van der Waals surface area (Å²) in [5.74, 6) is -0.805. The van der Waals surface area contributed by atoms with Gasteiger partial charge in [0.2, 0.25) is 0 Å². The van der Waals surface area contributed by atoms with Gasteiger partial charge in [0.1, 0.15) is 5.82 Å². The van der Waals surface area contributed by atoms with Crippen LogP contribution in [0, 0.1) is 5.82 Å². The summed E-state index contributed by atoms with van der Waals surface area (Å²) in [6.45, 7) is -0.191. The molecule has 11 heteroatoms. The van der Waals surface area contributed by atoms with E-state index in [4.69, 9.17) is 11.6 Å². The Labute approximate surface area is 188 Å². The second-order valence-corrected chi connectivity index (χ2v) is 8.01. The number of pyridine rings is 1. The van der Waals surface area contributed by atoms with Gasteiger partial charge in [-0.25, -0.2) is 4.39 Å². The third-order valence-electron chi connectivity index (χ3n) is 4.48. The number of carbonyl (C=O) groups is 1. The smallest absolute Gasteiger partial charge is 0.345 e. The molecule has 1 N–H and O–H groups in total. The maximum absolute atomic E-state index is 13.2. The van der Waals surface area contributed by atoms with Crippen molar-refractivity contribution in [2.75, 3.05) is 0 Å². The van der Waals surface area contributed by atoms with Gasteiger partial charge in [-0.2, -0.15) is 13.2 Å². The van der Waals surface area contributed by atoms with E-state index >= 15 is 0 Å². The lowest BCUT2D eigenvalue weighted by Gasteiger charge is -2.10. The summed E-state index contributed by atoms with van der Waals surface area (Å²) < 4.78 is 53.7. The molecule has 0 saturated carbocycles. The summed E-state index contributed by atoms with van der Waals surface area (Å²) in [4.78, 5) is 13.6. The molecule has 5 nitrogen and oxygen atoms in total. The maximum atomic E-state index is 13.2. The molecule has 0 radical (unpaired) electrons. The number of alkyl halides is 3. The van der Waals surface area contributed by atoms with E-state index in [1.807, 2.05) is 0 Å². The first-order valence-electron chi connectivity index (χ1n) is 9.12. The zero-order chi connectivity index (χ0) is 22.9. The zero-order valence-electron chi connectivity index (χ0n) is 16.0. The van der Waals surface area contributed by atoms with Crippen molar-refractivity contribution in [3.05, 3.63) is 86.7 Å². The Hall–Kier alpha value is -3.24. The Morgan fingerprint density at radius 1 is 1.19 bits per heavy atom. The molecular weight excluding hydrogens is 468 g/mol. The van der Waals surface area contributed by atoms with E-state index in [9.17, 15) is 22.4 Å². The number of aromatic nitrogens is 3. The van der Waals surface area contributed by atoms with Crippen molar-refractivity contribution < 1.29 is 22.4 Å². The lowest BCUT2D eigenvalue weighted by atomic mass is 10.1. The second-order valence-electron chi connectivity index (χ2n) is 6.65. The number of hydrogen-bond donors (Lipinski definition) is 1. The van der Waals surface area contributed by atoms with E-state index in [0.717, 1.165) is 16.7 Å². The van der Waals surface area contributed by atoms with Gasteiger partial charge in [-0.15, -0.1) is 21.5 Å². The Bertz CT molecular complexity index is 1300. The number of rotatable bonds is 5.